The lowest BCUT2D eigenvalue weighted by Crippen LogP contribution is -2.43. The minimum atomic E-state index is -3.62. The Balaban J connectivity index is 1.21. The Hall–Kier alpha value is -1.99. The number of hydrogen-bond donors (Lipinski definition) is 2. The Kier molecular flexibility index (Phi) is 6.39. The second-order valence-corrected chi connectivity index (χ2v) is 10.2. The van der Waals surface area contributed by atoms with E-state index in [-0.39, 0.29) is 4.90 Å². The molecular formula is C24H31N3O2S. The van der Waals surface area contributed by atoms with Crippen molar-refractivity contribution in [3.63, 3.8) is 0 Å². The Morgan fingerprint density at radius 1 is 1.10 bits per heavy atom. The number of benzene rings is 2. The maximum absolute atomic E-state index is 11.4. The summed E-state index contributed by atoms with van der Waals surface area (Å²) in [4.78, 5) is 2.61. The van der Waals surface area contributed by atoms with Crippen molar-refractivity contribution in [3.8, 4) is 0 Å². The van der Waals surface area contributed by atoms with E-state index in [1.807, 2.05) is 12.1 Å². The second-order valence-electron chi connectivity index (χ2n) is 8.65. The number of rotatable bonds is 7. The highest BCUT2D eigenvalue weighted by molar-refractivity contribution is 7.89. The molecule has 6 heteroatoms. The van der Waals surface area contributed by atoms with E-state index < -0.39 is 10.0 Å². The topological polar surface area (TPSA) is 75.4 Å². The maximum Gasteiger partial charge on any atom is 0.238 e. The molecule has 2 aromatic rings. The Bertz CT molecular complexity index is 979. The molecule has 2 fully saturated rings. The molecule has 1 aliphatic heterocycles. The number of primary sulfonamides is 1. The molecule has 1 aliphatic carbocycles. The Morgan fingerprint density at radius 2 is 1.77 bits per heavy atom. The zero-order valence-corrected chi connectivity index (χ0v) is 18.3. The van der Waals surface area contributed by atoms with Crippen LogP contribution in [0, 0.1) is 5.92 Å². The van der Waals surface area contributed by atoms with Crippen molar-refractivity contribution in [2.24, 2.45) is 11.1 Å². The molecule has 1 saturated heterocycles. The van der Waals surface area contributed by atoms with Crippen LogP contribution in [0.4, 0.5) is 0 Å². The zero-order valence-electron chi connectivity index (χ0n) is 17.5. The quantitative estimate of drug-likeness (QED) is 0.713. The van der Waals surface area contributed by atoms with Crippen LogP contribution in [0.3, 0.4) is 0 Å². The number of hydrogen-bond acceptors (Lipinski definition) is 4. The predicted octanol–water partition coefficient (Wildman–Crippen LogP) is 3.38. The van der Waals surface area contributed by atoms with Gasteiger partial charge in [-0.1, -0.05) is 54.1 Å². The lowest BCUT2D eigenvalue weighted by Gasteiger charge is -2.32. The van der Waals surface area contributed by atoms with E-state index in [4.69, 9.17) is 5.14 Å². The summed E-state index contributed by atoms with van der Waals surface area (Å²) < 4.78 is 22.8. The van der Waals surface area contributed by atoms with Gasteiger partial charge >= 0.3 is 0 Å². The molecule has 2 atom stereocenters. The van der Waals surface area contributed by atoms with Gasteiger partial charge in [0, 0.05) is 18.6 Å². The second kappa shape index (κ2) is 9.02. The van der Waals surface area contributed by atoms with Crippen LogP contribution in [-0.4, -0.2) is 38.5 Å². The Labute approximate surface area is 180 Å². The summed E-state index contributed by atoms with van der Waals surface area (Å²) in [5, 5.41) is 9.04. The van der Waals surface area contributed by atoms with Gasteiger partial charge in [0.25, 0.3) is 0 Å². The van der Waals surface area contributed by atoms with E-state index in [2.05, 4.69) is 53.5 Å². The molecular weight excluding hydrogens is 394 g/mol. The van der Waals surface area contributed by atoms with Gasteiger partial charge in [-0.15, -0.1) is 0 Å². The van der Waals surface area contributed by atoms with E-state index in [0.29, 0.717) is 18.0 Å². The summed E-state index contributed by atoms with van der Waals surface area (Å²) in [6, 6.07) is 18.7. The largest absolute Gasteiger partial charge is 0.311 e. The van der Waals surface area contributed by atoms with E-state index >= 15 is 0 Å². The van der Waals surface area contributed by atoms with Crippen LogP contribution in [0.15, 0.2) is 65.1 Å². The van der Waals surface area contributed by atoms with Gasteiger partial charge in [-0.05, 0) is 68.5 Å². The van der Waals surface area contributed by atoms with E-state index in [1.165, 1.54) is 17.6 Å². The van der Waals surface area contributed by atoms with E-state index in [1.54, 1.807) is 12.1 Å². The third-order valence-corrected chi connectivity index (χ3v) is 7.19. The summed E-state index contributed by atoms with van der Waals surface area (Å²) in [6.07, 6.45) is 5.86. The number of sulfonamides is 1. The summed E-state index contributed by atoms with van der Waals surface area (Å²) in [7, 11) is -3.62. The SMILES string of the molecule is CC(=Cc1ccccc1)C1C[C@@H]1NC1CCN(Cc2ccc(S(N)(=O)=O)cc2)CC1. The molecule has 3 N–H and O–H groups in total. The molecule has 160 valence electrons. The zero-order chi connectivity index (χ0) is 21.1. The number of nitrogens with zero attached hydrogens (tertiary/aromatic N) is 1. The van der Waals surface area contributed by atoms with Gasteiger partial charge < -0.3 is 5.32 Å². The first-order chi connectivity index (χ1) is 14.4. The smallest absolute Gasteiger partial charge is 0.238 e. The number of nitrogens with one attached hydrogen (secondary N) is 1. The first kappa shape index (κ1) is 21.2. The van der Waals surface area contributed by atoms with Crippen molar-refractivity contribution in [1.82, 2.24) is 10.2 Å². The van der Waals surface area contributed by atoms with Gasteiger partial charge in [-0.25, -0.2) is 13.6 Å². The summed E-state index contributed by atoms with van der Waals surface area (Å²) in [5.41, 5.74) is 3.88. The standard InChI is InChI=1S/C24H31N3O2S/c1-18(15-19-5-3-2-4-6-19)23-16-24(23)26-21-11-13-27(14-12-21)17-20-7-9-22(10-8-20)30(25,28)29/h2-10,15,21,23-24,26H,11-14,16-17H2,1H3,(H2,25,28,29)/t23?,24-/m0/s1. The highest BCUT2D eigenvalue weighted by Gasteiger charge is 2.39. The fourth-order valence-corrected chi connectivity index (χ4v) is 4.92. The minimum Gasteiger partial charge on any atom is -0.311 e. The molecule has 1 unspecified atom stereocenters. The van der Waals surface area contributed by atoms with Crippen LogP contribution in [0.2, 0.25) is 0 Å². The normalized spacial score (nSPS) is 23.5. The van der Waals surface area contributed by atoms with Crippen molar-refractivity contribution in [2.45, 2.75) is 49.7 Å². The first-order valence-corrected chi connectivity index (χ1v) is 12.3. The van der Waals surface area contributed by atoms with Crippen molar-refractivity contribution in [3.05, 3.63) is 71.3 Å². The minimum absolute atomic E-state index is 0.171. The predicted molar refractivity (Wildman–Crippen MR) is 121 cm³/mol. The van der Waals surface area contributed by atoms with Crippen molar-refractivity contribution < 1.29 is 8.42 Å². The molecule has 0 amide bonds. The lowest BCUT2D eigenvalue weighted by atomic mass is 10.0. The first-order valence-electron chi connectivity index (χ1n) is 10.7. The third kappa shape index (κ3) is 5.58. The van der Waals surface area contributed by atoms with Crippen LogP contribution in [0.1, 0.15) is 37.3 Å². The molecule has 0 radical (unpaired) electrons. The van der Waals surface area contributed by atoms with Gasteiger partial charge in [0.05, 0.1) is 4.90 Å². The fourth-order valence-electron chi connectivity index (χ4n) is 4.40. The van der Waals surface area contributed by atoms with Gasteiger partial charge in [0.2, 0.25) is 10.0 Å². The number of nitrogens with two attached hydrogens (primary N) is 1. The van der Waals surface area contributed by atoms with Crippen LogP contribution in [0.5, 0.6) is 0 Å². The molecule has 1 saturated carbocycles. The fraction of sp³-hybridized carbons (Fsp3) is 0.417. The van der Waals surface area contributed by atoms with Gasteiger partial charge in [0.15, 0.2) is 0 Å². The molecule has 0 spiro atoms. The van der Waals surface area contributed by atoms with Crippen molar-refractivity contribution in [2.75, 3.05) is 13.1 Å². The molecule has 30 heavy (non-hydrogen) atoms. The highest BCUT2D eigenvalue weighted by atomic mass is 32.2. The summed E-state index contributed by atoms with van der Waals surface area (Å²) in [6.45, 7) is 5.22. The van der Waals surface area contributed by atoms with Crippen LogP contribution in [-0.2, 0) is 16.6 Å². The van der Waals surface area contributed by atoms with Crippen molar-refractivity contribution >= 4 is 16.1 Å². The average Bonchev–Trinajstić information content (AvgIpc) is 3.49. The lowest BCUT2D eigenvalue weighted by molar-refractivity contribution is 0.189. The van der Waals surface area contributed by atoms with Crippen LogP contribution < -0.4 is 10.5 Å². The third-order valence-electron chi connectivity index (χ3n) is 6.26. The maximum atomic E-state index is 11.4. The summed E-state index contributed by atoms with van der Waals surface area (Å²) >= 11 is 0. The van der Waals surface area contributed by atoms with Gasteiger partial charge in [-0.3, -0.25) is 4.90 Å². The molecule has 0 aromatic heterocycles. The van der Waals surface area contributed by atoms with Crippen molar-refractivity contribution in [1.29, 1.82) is 0 Å². The molecule has 1 heterocycles. The Morgan fingerprint density at radius 3 is 2.40 bits per heavy atom. The van der Waals surface area contributed by atoms with Gasteiger partial charge in [-0.2, -0.15) is 0 Å². The van der Waals surface area contributed by atoms with Crippen LogP contribution >= 0.6 is 0 Å². The van der Waals surface area contributed by atoms with E-state index in [9.17, 15) is 8.42 Å². The average molecular weight is 426 g/mol. The highest BCUT2D eigenvalue weighted by Crippen LogP contribution is 2.38. The number of piperidine rings is 1. The molecule has 5 nitrogen and oxygen atoms in total. The van der Waals surface area contributed by atoms with E-state index in [0.717, 1.165) is 38.0 Å². The monoisotopic (exact) mass is 425 g/mol. The summed E-state index contributed by atoms with van der Waals surface area (Å²) in [5.74, 6) is 0.667. The van der Waals surface area contributed by atoms with Crippen LogP contribution in [0.25, 0.3) is 6.08 Å². The van der Waals surface area contributed by atoms with Gasteiger partial charge in [0.1, 0.15) is 0 Å². The molecule has 0 bridgehead atoms. The molecule has 4 rings (SSSR count). The number of likely N-dealkylation sites (tertiary alicyclic amines) is 1. The molecule has 2 aliphatic rings. The molecule has 2 aromatic carbocycles.